The van der Waals surface area contributed by atoms with E-state index in [1.165, 1.54) is 51.4 Å². The van der Waals surface area contributed by atoms with Crippen LogP contribution in [0.2, 0.25) is 0 Å². The van der Waals surface area contributed by atoms with E-state index in [2.05, 4.69) is 34.6 Å². The zero-order valence-electron chi connectivity index (χ0n) is 22.0. The predicted molar refractivity (Wildman–Crippen MR) is 133 cm³/mol. The fourth-order valence-electron chi connectivity index (χ4n) is 11.2. The number of carbonyl (C=O) groups is 1. The summed E-state index contributed by atoms with van der Waals surface area (Å²) in [5, 5.41) is 20.1. The lowest BCUT2D eigenvalue weighted by atomic mass is 9.45. The molecular formula is C30H48O3. The van der Waals surface area contributed by atoms with Crippen LogP contribution in [0.25, 0.3) is 0 Å². The lowest BCUT2D eigenvalue weighted by molar-refractivity contribution is -0.139. The predicted octanol–water partition coefficient (Wildman–Crippen LogP) is 7.09. The second-order valence-electron chi connectivity index (χ2n) is 14.2. The van der Waals surface area contributed by atoms with Gasteiger partial charge < -0.3 is 10.2 Å². The van der Waals surface area contributed by atoms with Gasteiger partial charge in [0.15, 0.2) is 0 Å². The van der Waals surface area contributed by atoms with Crippen LogP contribution in [0.5, 0.6) is 0 Å². The van der Waals surface area contributed by atoms with Gasteiger partial charge in [-0.25, -0.2) is 4.79 Å². The summed E-state index contributed by atoms with van der Waals surface area (Å²) < 4.78 is 0. The van der Waals surface area contributed by atoms with Gasteiger partial charge in [0.05, 0.1) is 6.10 Å². The third kappa shape index (κ3) is 3.19. The Morgan fingerprint density at radius 1 is 0.970 bits per heavy atom. The topological polar surface area (TPSA) is 57.5 Å². The Labute approximate surface area is 201 Å². The van der Waals surface area contributed by atoms with E-state index in [0.717, 1.165) is 30.6 Å². The summed E-state index contributed by atoms with van der Waals surface area (Å²) in [6, 6.07) is 0. The van der Waals surface area contributed by atoms with Crippen LogP contribution in [-0.4, -0.2) is 22.3 Å². The Bertz CT molecular complexity index is 843. The number of allylic oxidation sites excluding steroid dienone is 1. The zero-order chi connectivity index (χ0) is 24.0. The fourth-order valence-corrected chi connectivity index (χ4v) is 11.2. The van der Waals surface area contributed by atoms with Crippen molar-refractivity contribution in [1.82, 2.24) is 0 Å². The molecule has 10 unspecified atom stereocenters. The molecule has 5 saturated carbocycles. The summed E-state index contributed by atoms with van der Waals surface area (Å²) in [5.74, 6) is 3.44. The van der Waals surface area contributed by atoms with Crippen molar-refractivity contribution in [1.29, 1.82) is 0 Å². The van der Waals surface area contributed by atoms with Crippen molar-refractivity contribution in [3.63, 3.8) is 0 Å². The lowest BCUT2D eigenvalue weighted by Gasteiger charge is -2.60. The Morgan fingerprint density at radius 3 is 2.30 bits per heavy atom. The SMILES string of the molecule is CC(=CC(C)CC(C)C1CCC2(C)C1CCC13CC14CCC(O)C(C)(C)C4CCC23)C(=O)O. The smallest absolute Gasteiger partial charge is 0.330 e. The molecule has 0 aromatic rings. The average molecular weight is 457 g/mol. The van der Waals surface area contributed by atoms with Crippen LogP contribution in [0.1, 0.15) is 106 Å². The van der Waals surface area contributed by atoms with Crippen molar-refractivity contribution in [2.75, 3.05) is 0 Å². The van der Waals surface area contributed by atoms with E-state index in [-0.39, 0.29) is 11.5 Å². The van der Waals surface area contributed by atoms with Gasteiger partial charge in [-0.2, -0.15) is 0 Å². The molecule has 0 aromatic heterocycles. The maximum atomic E-state index is 11.3. The number of aliphatic hydroxyl groups is 1. The highest BCUT2D eigenvalue weighted by atomic mass is 16.4. The average Bonchev–Trinajstić information content (AvgIpc) is 3.26. The highest BCUT2D eigenvalue weighted by molar-refractivity contribution is 5.85. The minimum absolute atomic E-state index is 0.0783. The molecule has 0 aromatic carbocycles. The molecule has 186 valence electrons. The highest BCUT2D eigenvalue weighted by Gasteiger charge is 2.80. The molecule has 0 bridgehead atoms. The molecule has 3 nitrogen and oxygen atoms in total. The van der Waals surface area contributed by atoms with E-state index >= 15 is 0 Å². The summed E-state index contributed by atoms with van der Waals surface area (Å²) in [6.45, 7) is 13.8. The second kappa shape index (κ2) is 7.58. The van der Waals surface area contributed by atoms with E-state index in [1.807, 2.05) is 6.08 Å². The number of hydrogen-bond acceptors (Lipinski definition) is 2. The molecule has 33 heavy (non-hydrogen) atoms. The van der Waals surface area contributed by atoms with Crippen LogP contribution in [0.3, 0.4) is 0 Å². The monoisotopic (exact) mass is 456 g/mol. The lowest BCUT2D eigenvalue weighted by Crippen LogP contribution is -2.55. The quantitative estimate of drug-likeness (QED) is 0.434. The molecule has 0 aliphatic heterocycles. The van der Waals surface area contributed by atoms with Crippen molar-refractivity contribution in [3.05, 3.63) is 11.6 Å². The van der Waals surface area contributed by atoms with Crippen LogP contribution in [-0.2, 0) is 4.79 Å². The zero-order valence-corrected chi connectivity index (χ0v) is 22.0. The normalized spacial score (nSPS) is 49.8. The molecular weight excluding hydrogens is 408 g/mol. The first kappa shape index (κ1) is 23.9. The number of aliphatic carboxylic acids is 1. The summed E-state index contributed by atoms with van der Waals surface area (Å²) in [6.07, 6.45) is 15.0. The van der Waals surface area contributed by atoms with Crippen LogP contribution in [0.15, 0.2) is 11.6 Å². The standard InChI is InChI=1S/C30H48O3/c1-18(16-20(3)26(32)33)15-19(2)21-9-12-28(6)22(21)10-13-30-17-29(30)14-11-25(31)27(4,5)23(29)7-8-24(28)30/h16,18-19,21-25,31H,7-15,17H2,1-6H3,(H,32,33). The number of carboxylic acids is 1. The first-order valence-corrected chi connectivity index (χ1v) is 14.0. The van der Waals surface area contributed by atoms with E-state index in [0.29, 0.717) is 39.6 Å². The van der Waals surface area contributed by atoms with E-state index < -0.39 is 5.97 Å². The van der Waals surface area contributed by atoms with Crippen LogP contribution in [0, 0.1) is 57.2 Å². The number of hydrogen-bond donors (Lipinski definition) is 2. The molecule has 5 fully saturated rings. The van der Waals surface area contributed by atoms with Gasteiger partial charge in [-0.05, 0) is 128 Å². The van der Waals surface area contributed by atoms with Gasteiger partial charge in [-0.15, -0.1) is 0 Å². The number of aliphatic hydroxyl groups excluding tert-OH is 1. The van der Waals surface area contributed by atoms with Gasteiger partial charge in [-0.1, -0.05) is 40.7 Å². The molecule has 0 saturated heterocycles. The highest BCUT2D eigenvalue weighted by Crippen LogP contribution is 2.87. The molecule has 5 aliphatic rings. The Morgan fingerprint density at radius 2 is 1.61 bits per heavy atom. The van der Waals surface area contributed by atoms with Crippen LogP contribution < -0.4 is 0 Å². The first-order valence-electron chi connectivity index (χ1n) is 14.0. The number of carboxylic acid groups (broad SMARTS) is 1. The first-order chi connectivity index (χ1) is 15.4. The molecule has 2 spiro atoms. The van der Waals surface area contributed by atoms with Gasteiger partial charge in [0.1, 0.15) is 0 Å². The van der Waals surface area contributed by atoms with E-state index in [9.17, 15) is 15.0 Å². The minimum Gasteiger partial charge on any atom is -0.478 e. The van der Waals surface area contributed by atoms with Crippen LogP contribution >= 0.6 is 0 Å². The number of fused-ring (bicyclic) bond motifs is 2. The van der Waals surface area contributed by atoms with E-state index in [1.54, 1.807) is 6.92 Å². The van der Waals surface area contributed by atoms with Gasteiger partial charge in [0.2, 0.25) is 0 Å². The molecule has 5 rings (SSSR count). The minimum atomic E-state index is -0.784. The molecule has 10 atom stereocenters. The maximum Gasteiger partial charge on any atom is 0.330 e. The summed E-state index contributed by atoms with van der Waals surface area (Å²) in [4.78, 5) is 11.3. The third-order valence-electron chi connectivity index (χ3n) is 12.6. The fraction of sp³-hybridized carbons (Fsp3) is 0.900. The van der Waals surface area contributed by atoms with Crippen LogP contribution in [0.4, 0.5) is 0 Å². The molecule has 3 heteroatoms. The summed E-state index contributed by atoms with van der Waals surface area (Å²) in [7, 11) is 0. The van der Waals surface area contributed by atoms with Gasteiger partial charge in [0, 0.05) is 5.57 Å². The third-order valence-corrected chi connectivity index (χ3v) is 12.6. The van der Waals surface area contributed by atoms with Crippen molar-refractivity contribution >= 4 is 5.97 Å². The molecule has 0 radical (unpaired) electrons. The maximum absolute atomic E-state index is 11.3. The molecule has 2 N–H and O–H groups in total. The largest absolute Gasteiger partial charge is 0.478 e. The Hall–Kier alpha value is -0.830. The van der Waals surface area contributed by atoms with Crippen molar-refractivity contribution < 1.29 is 15.0 Å². The van der Waals surface area contributed by atoms with E-state index in [4.69, 9.17) is 0 Å². The number of rotatable bonds is 5. The second-order valence-corrected chi connectivity index (χ2v) is 14.2. The van der Waals surface area contributed by atoms with Gasteiger partial charge >= 0.3 is 5.97 Å². The van der Waals surface area contributed by atoms with Crippen molar-refractivity contribution in [2.45, 2.75) is 112 Å². The molecule has 0 heterocycles. The molecule has 5 aliphatic carbocycles. The van der Waals surface area contributed by atoms with Crippen molar-refractivity contribution in [3.8, 4) is 0 Å². The van der Waals surface area contributed by atoms with Gasteiger partial charge in [0.25, 0.3) is 0 Å². The van der Waals surface area contributed by atoms with Gasteiger partial charge in [-0.3, -0.25) is 0 Å². The summed E-state index contributed by atoms with van der Waals surface area (Å²) in [5.41, 5.74) is 2.16. The Kier molecular flexibility index (Phi) is 5.49. The molecule has 0 amide bonds. The Balaban J connectivity index is 1.33. The summed E-state index contributed by atoms with van der Waals surface area (Å²) >= 11 is 0. The van der Waals surface area contributed by atoms with Crippen molar-refractivity contribution in [2.24, 2.45) is 57.2 Å².